The maximum atomic E-state index is 10.7. The van der Waals surface area contributed by atoms with E-state index < -0.39 is 0 Å². The van der Waals surface area contributed by atoms with E-state index in [9.17, 15) is 4.79 Å². The zero-order valence-electron chi connectivity index (χ0n) is 10.8. The predicted molar refractivity (Wildman–Crippen MR) is 71.7 cm³/mol. The van der Waals surface area contributed by atoms with Crippen LogP contribution in [0.1, 0.15) is 53.4 Å². The minimum atomic E-state index is 0.602. The summed E-state index contributed by atoms with van der Waals surface area (Å²) < 4.78 is 0. The van der Waals surface area contributed by atoms with Gasteiger partial charge in [-0.25, -0.2) is 0 Å². The monoisotopic (exact) mass is 242 g/mol. The molecule has 0 amide bonds. The number of unbranched alkanes of at least 4 members (excludes halogenated alkanes) is 1. The van der Waals surface area contributed by atoms with E-state index >= 15 is 0 Å². The molecular formula is C14H23ClO. The van der Waals surface area contributed by atoms with Crippen LogP contribution in [0.2, 0.25) is 0 Å². The van der Waals surface area contributed by atoms with Gasteiger partial charge in [0.15, 0.2) is 0 Å². The fourth-order valence-corrected chi connectivity index (χ4v) is 1.60. The first-order chi connectivity index (χ1) is 7.47. The Labute approximate surface area is 105 Å². The molecule has 0 saturated carbocycles. The van der Waals surface area contributed by atoms with Crippen molar-refractivity contribution in [2.45, 2.75) is 53.4 Å². The van der Waals surface area contributed by atoms with E-state index in [0.717, 1.165) is 18.6 Å². The van der Waals surface area contributed by atoms with Gasteiger partial charge >= 0.3 is 0 Å². The standard InChI is InChI=1S/C14H23ClO/c1-11(2)7-5-6-8-12(3)9-14(10-16)13(4)15/h8,10-11H,5-7,9H2,1-4H3/b12-8+,14-13-. The fourth-order valence-electron chi connectivity index (χ4n) is 1.49. The van der Waals surface area contributed by atoms with Crippen LogP contribution in [0.25, 0.3) is 0 Å². The molecule has 0 rings (SSSR count). The van der Waals surface area contributed by atoms with E-state index in [-0.39, 0.29) is 0 Å². The van der Waals surface area contributed by atoms with Crippen LogP contribution in [-0.4, -0.2) is 6.29 Å². The quantitative estimate of drug-likeness (QED) is 0.270. The number of carbonyl (C=O) groups is 1. The lowest BCUT2D eigenvalue weighted by Crippen LogP contribution is -1.90. The van der Waals surface area contributed by atoms with Crippen molar-refractivity contribution < 1.29 is 4.79 Å². The van der Waals surface area contributed by atoms with Crippen molar-refractivity contribution in [1.82, 2.24) is 0 Å². The van der Waals surface area contributed by atoms with Crippen LogP contribution in [0.5, 0.6) is 0 Å². The molecule has 0 saturated heterocycles. The van der Waals surface area contributed by atoms with Gasteiger partial charge in [-0.2, -0.15) is 0 Å². The molecule has 0 aliphatic heterocycles. The lowest BCUT2D eigenvalue weighted by Gasteiger charge is -2.04. The molecule has 16 heavy (non-hydrogen) atoms. The number of halogens is 1. The van der Waals surface area contributed by atoms with Gasteiger partial charge in [-0.05, 0) is 39.0 Å². The molecule has 0 N–H and O–H groups in total. The second kappa shape index (κ2) is 8.58. The topological polar surface area (TPSA) is 17.1 Å². The molecule has 0 aromatic carbocycles. The van der Waals surface area contributed by atoms with Crippen LogP contribution in [0.15, 0.2) is 22.3 Å². The van der Waals surface area contributed by atoms with E-state index in [4.69, 9.17) is 11.6 Å². The zero-order valence-corrected chi connectivity index (χ0v) is 11.6. The minimum absolute atomic E-state index is 0.602. The third-order valence-corrected chi connectivity index (χ3v) is 2.78. The van der Waals surface area contributed by atoms with E-state index in [1.54, 1.807) is 6.92 Å². The zero-order chi connectivity index (χ0) is 12.6. The molecule has 0 heterocycles. The molecule has 0 unspecified atom stereocenters. The summed E-state index contributed by atoms with van der Waals surface area (Å²) in [6.07, 6.45) is 7.32. The number of rotatable bonds is 7. The molecule has 2 heteroatoms. The van der Waals surface area contributed by atoms with Crippen molar-refractivity contribution in [2.75, 3.05) is 0 Å². The Morgan fingerprint density at radius 3 is 2.38 bits per heavy atom. The van der Waals surface area contributed by atoms with Crippen molar-refractivity contribution in [1.29, 1.82) is 0 Å². The second-order valence-corrected chi connectivity index (χ2v) is 5.30. The Morgan fingerprint density at radius 2 is 1.94 bits per heavy atom. The van der Waals surface area contributed by atoms with Gasteiger partial charge in [-0.3, -0.25) is 4.79 Å². The smallest absolute Gasteiger partial charge is 0.147 e. The van der Waals surface area contributed by atoms with Crippen LogP contribution in [0, 0.1) is 5.92 Å². The first-order valence-electron chi connectivity index (χ1n) is 5.93. The maximum absolute atomic E-state index is 10.7. The van der Waals surface area contributed by atoms with Gasteiger partial charge in [0.2, 0.25) is 0 Å². The number of hydrogen-bond donors (Lipinski definition) is 0. The third-order valence-electron chi connectivity index (χ3n) is 2.53. The summed E-state index contributed by atoms with van der Waals surface area (Å²) in [5.41, 5.74) is 1.92. The van der Waals surface area contributed by atoms with Crippen molar-refractivity contribution >= 4 is 17.9 Å². The highest BCUT2D eigenvalue weighted by molar-refractivity contribution is 6.30. The van der Waals surface area contributed by atoms with Crippen molar-refractivity contribution in [3.05, 3.63) is 22.3 Å². The second-order valence-electron chi connectivity index (χ2n) is 4.73. The molecule has 0 aromatic rings. The Morgan fingerprint density at radius 1 is 1.31 bits per heavy atom. The maximum Gasteiger partial charge on any atom is 0.147 e. The Hall–Kier alpha value is -0.560. The summed E-state index contributed by atoms with van der Waals surface area (Å²) >= 11 is 5.81. The van der Waals surface area contributed by atoms with Gasteiger partial charge < -0.3 is 0 Å². The molecular weight excluding hydrogens is 220 g/mol. The van der Waals surface area contributed by atoms with Crippen LogP contribution in [-0.2, 0) is 4.79 Å². The minimum Gasteiger partial charge on any atom is -0.298 e. The van der Waals surface area contributed by atoms with Gasteiger partial charge in [0.25, 0.3) is 0 Å². The van der Waals surface area contributed by atoms with E-state index in [1.807, 2.05) is 0 Å². The van der Waals surface area contributed by atoms with Crippen LogP contribution in [0.3, 0.4) is 0 Å². The van der Waals surface area contributed by atoms with Gasteiger partial charge in [0.05, 0.1) is 0 Å². The Kier molecular flexibility index (Phi) is 8.28. The summed E-state index contributed by atoms with van der Waals surface area (Å²) in [6, 6.07) is 0. The summed E-state index contributed by atoms with van der Waals surface area (Å²) in [5.74, 6) is 0.768. The highest BCUT2D eigenvalue weighted by atomic mass is 35.5. The molecule has 1 nitrogen and oxygen atoms in total. The molecule has 0 bridgehead atoms. The molecule has 92 valence electrons. The third kappa shape index (κ3) is 7.70. The molecule has 0 aliphatic carbocycles. The molecule has 0 radical (unpaired) electrons. The van der Waals surface area contributed by atoms with E-state index in [0.29, 0.717) is 17.0 Å². The number of hydrogen-bond acceptors (Lipinski definition) is 1. The predicted octanol–water partition coefficient (Wildman–Crippen LogP) is 4.86. The number of aldehydes is 1. The summed E-state index contributed by atoms with van der Waals surface area (Å²) in [7, 11) is 0. The highest BCUT2D eigenvalue weighted by Crippen LogP contribution is 2.16. The first kappa shape index (κ1) is 15.4. The fraction of sp³-hybridized carbons (Fsp3) is 0.643. The lowest BCUT2D eigenvalue weighted by molar-refractivity contribution is -0.105. The van der Waals surface area contributed by atoms with Gasteiger partial charge in [-0.1, -0.05) is 43.5 Å². The Balaban J connectivity index is 4.05. The number of carbonyl (C=O) groups excluding carboxylic acids is 1. The van der Waals surface area contributed by atoms with Crippen molar-refractivity contribution in [3.63, 3.8) is 0 Å². The molecule has 0 fully saturated rings. The first-order valence-corrected chi connectivity index (χ1v) is 6.31. The summed E-state index contributed by atoms with van der Waals surface area (Å²) in [6.45, 7) is 8.29. The van der Waals surface area contributed by atoms with Gasteiger partial charge in [-0.15, -0.1) is 0 Å². The van der Waals surface area contributed by atoms with Crippen LogP contribution in [0.4, 0.5) is 0 Å². The average molecular weight is 243 g/mol. The van der Waals surface area contributed by atoms with Crippen molar-refractivity contribution in [3.8, 4) is 0 Å². The van der Waals surface area contributed by atoms with Crippen LogP contribution < -0.4 is 0 Å². The molecule has 0 aliphatic rings. The van der Waals surface area contributed by atoms with Crippen LogP contribution >= 0.6 is 11.6 Å². The molecule has 0 spiro atoms. The summed E-state index contributed by atoms with van der Waals surface area (Å²) in [5, 5.41) is 0.602. The highest BCUT2D eigenvalue weighted by Gasteiger charge is 2.01. The van der Waals surface area contributed by atoms with Crippen molar-refractivity contribution in [2.24, 2.45) is 5.92 Å². The van der Waals surface area contributed by atoms with Gasteiger partial charge in [0.1, 0.15) is 6.29 Å². The lowest BCUT2D eigenvalue weighted by atomic mass is 10.0. The Bertz CT molecular complexity index is 270. The largest absolute Gasteiger partial charge is 0.298 e. The van der Waals surface area contributed by atoms with Gasteiger partial charge in [0, 0.05) is 10.6 Å². The molecule has 0 aromatic heterocycles. The SMILES string of the molecule is C/C(Cl)=C(/C=O)C/C(C)=C/CCCC(C)C. The van der Waals surface area contributed by atoms with E-state index in [2.05, 4.69) is 26.8 Å². The van der Waals surface area contributed by atoms with E-state index in [1.165, 1.54) is 18.4 Å². The normalized spacial score (nSPS) is 14.0. The number of allylic oxidation sites excluding steroid dienone is 4. The molecule has 0 atom stereocenters. The average Bonchev–Trinajstić information content (AvgIpc) is 2.20. The summed E-state index contributed by atoms with van der Waals surface area (Å²) in [4.78, 5) is 10.7.